The van der Waals surface area contributed by atoms with Crippen LogP contribution in [0.4, 0.5) is 0 Å². The Morgan fingerprint density at radius 1 is 1.29 bits per heavy atom. The Morgan fingerprint density at radius 3 is 2.94 bits per heavy atom. The first kappa shape index (κ1) is 10.8. The Labute approximate surface area is 102 Å². The smallest absolute Gasteiger partial charge is 0.134 e. The zero-order chi connectivity index (χ0) is 11.7. The molecule has 1 saturated carbocycles. The topological polar surface area (TPSA) is 25.2 Å². The number of nitrogens with one attached hydrogen (secondary N) is 1. The summed E-state index contributed by atoms with van der Waals surface area (Å²) in [5, 5.41) is 4.88. The van der Waals surface area contributed by atoms with E-state index in [-0.39, 0.29) is 0 Å². The molecule has 1 aliphatic carbocycles. The predicted octanol–water partition coefficient (Wildman–Crippen LogP) is 3.77. The molecule has 0 amide bonds. The molecule has 0 atom stereocenters. The lowest BCUT2D eigenvalue weighted by molar-refractivity contribution is 0.520. The molecule has 0 saturated heterocycles. The van der Waals surface area contributed by atoms with Gasteiger partial charge in [-0.3, -0.25) is 0 Å². The molecule has 0 bridgehead atoms. The number of furan rings is 1. The molecular formula is C15H19NO. The molecule has 2 nitrogen and oxygen atoms in total. The summed E-state index contributed by atoms with van der Waals surface area (Å²) in [6.07, 6.45) is 7.31. The van der Waals surface area contributed by atoms with Crippen molar-refractivity contribution in [2.45, 2.75) is 45.2 Å². The summed E-state index contributed by atoms with van der Waals surface area (Å²) in [5.74, 6) is 0. The summed E-state index contributed by atoms with van der Waals surface area (Å²) in [7, 11) is 0. The van der Waals surface area contributed by atoms with E-state index in [9.17, 15) is 0 Å². The van der Waals surface area contributed by atoms with Gasteiger partial charge in [0.15, 0.2) is 0 Å². The second-order valence-electron chi connectivity index (χ2n) is 5.12. The van der Waals surface area contributed by atoms with Gasteiger partial charge in [0, 0.05) is 23.5 Å². The average Bonchev–Trinajstić information content (AvgIpc) is 2.94. The summed E-state index contributed by atoms with van der Waals surface area (Å²) >= 11 is 0. The highest BCUT2D eigenvalue weighted by Crippen LogP contribution is 2.23. The van der Waals surface area contributed by atoms with E-state index in [0.717, 1.165) is 12.1 Å². The van der Waals surface area contributed by atoms with Gasteiger partial charge in [0.2, 0.25) is 0 Å². The molecule has 1 N–H and O–H groups in total. The van der Waals surface area contributed by atoms with E-state index in [1.807, 2.05) is 6.26 Å². The third-order valence-electron chi connectivity index (χ3n) is 3.75. The van der Waals surface area contributed by atoms with Crippen molar-refractivity contribution in [3.05, 3.63) is 35.6 Å². The van der Waals surface area contributed by atoms with Gasteiger partial charge < -0.3 is 9.73 Å². The van der Waals surface area contributed by atoms with Crippen molar-refractivity contribution in [1.29, 1.82) is 0 Å². The van der Waals surface area contributed by atoms with Crippen LogP contribution in [0.3, 0.4) is 0 Å². The molecule has 0 unspecified atom stereocenters. The van der Waals surface area contributed by atoms with Crippen LogP contribution in [-0.4, -0.2) is 6.04 Å². The Kier molecular flexibility index (Phi) is 2.89. The molecule has 1 heterocycles. The number of rotatable bonds is 3. The molecule has 0 radical (unpaired) electrons. The first-order chi connectivity index (χ1) is 8.33. The van der Waals surface area contributed by atoms with Crippen LogP contribution < -0.4 is 5.32 Å². The van der Waals surface area contributed by atoms with E-state index in [1.165, 1.54) is 42.2 Å². The Hall–Kier alpha value is -1.28. The Morgan fingerprint density at radius 2 is 2.12 bits per heavy atom. The van der Waals surface area contributed by atoms with Gasteiger partial charge in [0.05, 0.1) is 6.26 Å². The van der Waals surface area contributed by atoms with Gasteiger partial charge in [-0.1, -0.05) is 25.0 Å². The highest BCUT2D eigenvalue weighted by atomic mass is 16.3. The molecule has 1 fully saturated rings. The van der Waals surface area contributed by atoms with Crippen molar-refractivity contribution in [1.82, 2.24) is 5.32 Å². The zero-order valence-corrected chi connectivity index (χ0v) is 10.3. The van der Waals surface area contributed by atoms with E-state index in [0.29, 0.717) is 6.04 Å². The van der Waals surface area contributed by atoms with Crippen molar-refractivity contribution in [2.75, 3.05) is 0 Å². The molecule has 0 aliphatic heterocycles. The third-order valence-corrected chi connectivity index (χ3v) is 3.75. The van der Waals surface area contributed by atoms with Crippen LogP contribution in [0.15, 0.2) is 28.9 Å². The van der Waals surface area contributed by atoms with E-state index >= 15 is 0 Å². The van der Waals surface area contributed by atoms with Crippen LogP contribution in [-0.2, 0) is 6.54 Å². The van der Waals surface area contributed by atoms with E-state index < -0.39 is 0 Å². The molecule has 2 aromatic rings. The predicted molar refractivity (Wildman–Crippen MR) is 70.0 cm³/mol. The van der Waals surface area contributed by atoms with Crippen LogP contribution in [0.2, 0.25) is 0 Å². The van der Waals surface area contributed by atoms with Crippen molar-refractivity contribution in [2.24, 2.45) is 0 Å². The highest BCUT2D eigenvalue weighted by molar-refractivity contribution is 5.81. The van der Waals surface area contributed by atoms with Crippen LogP contribution >= 0.6 is 0 Å². The molecule has 1 aliphatic rings. The van der Waals surface area contributed by atoms with Crippen LogP contribution in [0.25, 0.3) is 11.0 Å². The molecule has 1 aromatic heterocycles. The maximum Gasteiger partial charge on any atom is 0.134 e. The van der Waals surface area contributed by atoms with Crippen molar-refractivity contribution >= 4 is 11.0 Å². The fourth-order valence-corrected chi connectivity index (χ4v) is 2.71. The molecule has 90 valence electrons. The summed E-state index contributed by atoms with van der Waals surface area (Å²) < 4.78 is 5.61. The van der Waals surface area contributed by atoms with Gasteiger partial charge in [-0.15, -0.1) is 0 Å². The van der Waals surface area contributed by atoms with E-state index in [1.54, 1.807) is 0 Å². The monoisotopic (exact) mass is 229 g/mol. The number of benzene rings is 1. The first-order valence-corrected chi connectivity index (χ1v) is 6.53. The molecular weight excluding hydrogens is 210 g/mol. The molecule has 0 spiro atoms. The zero-order valence-electron chi connectivity index (χ0n) is 10.3. The molecule has 1 aromatic carbocycles. The largest absolute Gasteiger partial charge is 0.464 e. The minimum absolute atomic E-state index is 0.713. The lowest BCUT2D eigenvalue weighted by Gasteiger charge is -2.10. The lowest BCUT2D eigenvalue weighted by atomic mass is 10.1. The minimum Gasteiger partial charge on any atom is -0.464 e. The summed E-state index contributed by atoms with van der Waals surface area (Å²) in [4.78, 5) is 0. The van der Waals surface area contributed by atoms with Gasteiger partial charge in [-0.05, 0) is 31.4 Å². The Bertz CT molecular complexity index is 509. The average molecular weight is 229 g/mol. The van der Waals surface area contributed by atoms with Crippen LogP contribution in [0, 0.1) is 6.92 Å². The molecule has 3 rings (SSSR count). The number of aryl methyl sites for hydroxylation is 1. The standard InChI is InChI=1S/C15H19NO/c1-11-6-7-14-12(10-17-15(14)8-11)9-16-13-4-2-3-5-13/h6-8,10,13,16H,2-5,9H2,1H3. The second kappa shape index (κ2) is 4.53. The first-order valence-electron chi connectivity index (χ1n) is 6.53. The lowest BCUT2D eigenvalue weighted by Crippen LogP contribution is -2.25. The maximum absolute atomic E-state index is 5.61. The maximum atomic E-state index is 5.61. The number of fused-ring (bicyclic) bond motifs is 1. The van der Waals surface area contributed by atoms with Gasteiger partial charge in [-0.25, -0.2) is 0 Å². The van der Waals surface area contributed by atoms with Gasteiger partial charge in [0.25, 0.3) is 0 Å². The van der Waals surface area contributed by atoms with Crippen molar-refractivity contribution < 1.29 is 4.42 Å². The molecule has 17 heavy (non-hydrogen) atoms. The SMILES string of the molecule is Cc1ccc2c(CNC3CCCC3)coc2c1. The fourth-order valence-electron chi connectivity index (χ4n) is 2.71. The second-order valence-corrected chi connectivity index (χ2v) is 5.12. The quantitative estimate of drug-likeness (QED) is 0.866. The molecule has 2 heteroatoms. The summed E-state index contributed by atoms with van der Waals surface area (Å²) in [6.45, 7) is 3.03. The number of hydrogen-bond acceptors (Lipinski definition) is 2. The van der Waals surface area contributed by atoms with E-state index in [4.69, 9.17) is 4.42 Å². The fraction of sp³-hybridized carbons (Fsp3) is 0.467. The van der Waals surface area contributed by atoms with Crippen LogP contribution in [0.5, 0.6) is 0 Å². The summed E-state index contributed by atoms with van der Waals surface area (Å²) in [5.41, 5.74) is 3.54. The van der Waals surface area contributed by atoms with Crippen molar-refractivity contribution in [3.63, 3.8) is 0 Å². The summed E-state index contributed by atoms with van der Waals surface area (Å²) in [6, 6.07) is 7.14. The highest BCUT2D eigenvalue weighted by Gasteiger charge is 2.15. The third kappa shape index (κ3) is 2.22. The van der Waals surface area contributed by atoms with Gasteiger partial charge in [0.1, 0.15) is 5.58 Å². The Balaban J connectivity index is 1.76. The normalized spacial score (nSPS) is 17.0. The van der Waals surface area contributed by atoms with Gasteiger partial charge in [-0.2, -0.15) is 0 Å². The van der Waals surface area contributed by atoms with Crippen molar-refractivity contribution in [3.8, 4) is 0 Å². The minimum atomic E-state index is 0.713. The van der Waals surface area contributed by atoms with Crippen LogP contribution in [0.1, 0.15) is 36.8 Å². The van der Waals surface area contributed by atoms with Gasteiger partial charge >= 0.3 is 0 Å². The van der Waals surface area contributed by atoms with E-state index in [2.05, 4.69) is 30.4 Å². The number of hydrogen-bond donors (Lipinski definition) is 1.